The third kappa shape index (κ3) is 35.8. The fourth-order valence-electron chi connectivity index (χ4n) is 23.2. The van der Waals surface area contributed by atoms with Crippen LogP contribution in [0.15, 0.2) is 18.2 Å². The van der Waals surface area contributed by atoms with Crippen molar-refractivity contribution in [2.45, 2.75) is 522 Å². The van der Waals surface area contributed by atoms with E-state index in [4.69, 9.17) is 56.8 Å². The largest absolute Gasteiger partial charge is 0.465 e. The molecule has 2 unspecified atom stereocenters. The van der Waals surface area contributed by atoms with Gasteiger partial charge in [0.25, 0.3) is 0 Å². The van der Waals surface area contributed by atoms with Gasteiger partial charge in [-0.3, -0.25) is 28.8 Å². The molecule has 5 fully saturated rings. The van der Waals surface area contributed by atoms with E-state index < -0.39 is 113 Å². The first kappa shape index (κ1) is 123. The first-order chi connectivity index (χ1) is 64.8. The molecule has 5 aliphatic rings. The third-order valence-corrected chi connectivity index (χ3v) is 30.1. The number of hydrogen-bond donors (Lipinski definition) is 6. The molecule has 30 heteroatoms. The fraction of sp³-hybridized carbons (Fsp3) is 0.890. The molecule has 6 rings (SSSR count). The van der Waals surface area contributed by atoms with Gasteiger partial charge >= 0.3 is 35.8 Å². The molecule has 2 atom stereocenters. The highest BCUT2D eigenvalue weighted by atomic mass is 16.6. The van der Waals surface area contributed by atoms with Crippen molar-refractivity contribution in [1.29, 1.82) is 0 Å². The average Bonchev–Trinajstić information content (AvgIpc) is 0.781. The van der Waals surface area contributed by atoms with Crippen LogP contribution >= 0.6 is 0 Å². The van der Waals surface area contributed by atoms with Crippen LogP contribution in [-0.4, -0.2) is 281 Å². The zero-order valence-corrected chi connectivity index (χ0v) is 91.8. The number of hydroxylamine groups is 12. The van der Waals surface area contributed by atoms with Crippen LogP contribution in [0.4, 0.5) is 0 Å². The van der Waals surface area contributed by atoms with E-state index in [2.05, 4.69) is 25.1 Å². The van der Waals surface area contributed by atoms with Gasteiger partial charge in [-0.1, -0.05) is 97.8 Å². The van der Waals surface area contributed by atoms with Crippen molar-refractivity contribution in [3.63, 3.8) is 0 Å². The molecule has 30 nitrogen and oxygen atoms in total. The van der Waals surface area contributed by atoms with Gasteiger partial charge in [0.05, 0.1) is 116 Å². The number of piperidine rings is 5. The maximum absolute atomic E-state index is 15.4. The number of ether oxygens (including phenoxy) is 12. The number of benzene rings is 1. The zero-order valence-electron chi connectivity index (χ0n) is 91.8. The predicted octanol–water partition coefficient (Wildman–Crippen LogP) is 21.0. The van der Waals surface area contributed by atoms with E-state index in [1.807, 2.05) is 180 Å². The standard InChI is InChI=1S/C109H196N6O24/c1-28-33-49-107(90(116)134-61-39-55-128-84(45-31-4)70-96(6,7)110(122)32-5,91(117)135-62-40-56-129-85-71-97(8,9)111(123)98(10,11)72-85)52-36-46-81-67-82(47-37-53-108(50-34-29-2,92(118)136-63-41-57-130-86-73-99(12,13)112(124)100(14,15)74-86)93(119)137-64-42-58-131-87-75-101(16,17)113(125)102(18,19)76-87)69-83(68-81)48-38-54-109(51-35-30-3,94(120)138-65-43-59-132-88-77-103(20,21)114(126)104(22,23)78-88)95(121)139-66-44-60-133-89-79-105(24,25)115(127)106(26,27)80-89/h67-69,84-89,122-127H,28-66,70-80H2,1-27H3. The van der Waals surface area contributed by atoms with Crippen LogP contribution in [0.1, 0.15) is 422 Å². The van der Waals surface area contributed by atoms with Gasteiger partial charge in [0.2, 0.25) is 0 Å². The van der Waals surface area contributed by atoms with Gasteiger partial charge in [0, 0.05) is 106 Å². The van der Waals surface area contributed by atoms with Crippen LogP contribution in [0.2, 0.25) is 0 Å². The summed E-state index contributed by atoms with van der Waals surface area (Å²) in [7, 11) is 0. The summed E-state index contributed by atoms with van der Waals surface area (Å²) in [5.41, 5.74) is -8.57. The molecular weight excluding hydrogens is 1780 g/mol. The lowest BCUT2D eigenvalue weighted by atomic mass is 9.77. The highest BCUT2D eigenvalue weighted by molar-refractivity contribution is 6.01. The highest BCUT2D eigenvalue weighted by Gasteiger charge is 2.55. The zero-order chi connectivity index (χ0) is 104. The van der Waals surface area contributed by atoms with Crippen molar-refractivity contribution in [3.05, 3.63) is 34.9 Å². The Balaban J connectivity index is 1.39. The van der Waals surface area contributed by atoms with E-state index in [-0.39, 0.29) is 154 Å². The lowest BCUT2D eigenvalue weighted by molar-refractivity contribution is -0.261. The molecular formula is C109H196N6O24. The van der Waals surface area contributed by atoms with Gasteiger partial charge in [-0.15, -0.1) is 0 Å². The molecule has 0 bridgehead atoms. The molecule has 5 aliphatic heterocycles. The molecule has 1 aromatic carbocycles. The molecule has 0 spiro atoms. The van der Waals surface area contributed by atoms with Crippen molar-refractivity contribution < 1.29 is 117 Å². The van der Waals surface area contributed by atoms with E-state index >= 15 is 28.8 Å². The Morgan fingerprint density at radius 1 is 0.309 bits per heavy atom. The van der Waals surface area contributed by atoms with Crippen molar-refractivity contribution in [2.75, 3.05) is 85.8 Å². The lowest BCUT2D eigenvalue weighted by Crippen LogP contribution is -2.60. The second-order valence-corrected chi connectivity index (χ2v) is 48.4. The molecule has 5 saturated heterocycles. The van der Waals surface area contributed by atoms with Crippen LogP contribution in [0.25, 0.3) is 0 Å². The van der Waals surface area contributed by atoms with Crippen molar-refractivity contribution in [3.8, 4) is 0 Å². The molecule has 139 heavy (non-hydrogen) atoms. The molecule has 806 valence electrons. The van der Waals surface area contributed by atoms with Crippen molar-refractivity contribution >= 4 is 35.8 Å². The predicted molar refractivity (Wildman–Crippen MR) is 536 cm³/mol. The van der Waals surface area contributed by atoms with E-state index in [0.717, 1.165) is 29.5 Å². The number of unbranched alkanes of at least 4 members (excludes halogenated alkanes) is 3. The summed E-state index contributed by atoms with van der Waals surface area (Å²) in [5, 5.41) is 74.5. The Morgan fingerprint density at radius 2 is 0.504 bits per heavy atom. The molecule has 0 aromatic heterocycles. The van der Waals surface area contributed by atoms with Crippen LogP contribution < -0.4 is 0 Å². The Labute approximate surface area is 837 Å². The Hall–Kier alpha value is -4.68. The highest BCUT2D eigenvalue weighted by Crippen LogP contribution is 2.46. The third-order valence-electron chi connectivity index (χ3n) is 30.1. The summed E-state index contributed by atoms with van der Waals surface area (Å²) in [6, 6.07) is 6.29. The van der Waals surface area contributed by atoms with E-state index in [1.54, 1.807) is 0 Å². The first-order valence-corrected chi connectivity index (χ1v) is 53.5. The summed E-state index contributed by atoms with van der Waals surface area (Å²) in [5.74, 6) is -4.09. The van der Waals surface area contributed by atoms with Gasteiger partial charge < -0.3 is 88.1 Å². The monoisotopic (exact) mass is 1970 g/mol. The number of rotatable bonds is 63. The summed E-state index contributed by atoms with van der Waals surface area (Å²) >= 11 is 0. The van der Waals surface area contributed by atoms with Gasteiger partial charge in [-0.2, -0.15) is 30.4 Å². The minimum atomic E-state index is -1.73. The summed E-state index contributed by atoms with van der Waals surface area (Å²) < 4.78 is 76.2. The molecule has 1 aromatic rings. The smallest absolute Gasteiger partial charge is 0.323 e. The number of aryl methyl sites for hydroxylation is 3. The maximum Gasteiger partial charge on any atom is 0.323 e. The van der Waals surface area contributed by atoms with Gasteiger partial charge in [0.15, 0.2) is 16.2 Å². The Morgan fingerprint density at radius 3 is 0.691 bits per heavy atom. The summed E-state index contributed by atoms with van der Waals surface area (Å²) in [6.07, 6.45) is 15.4. The summed E-state index contributed by atoms with van der Waals surface area (Å²) in [4.78, 5) is 92.2. The van der Waals surface area contributed by atoms with Crippen LogP contribution in [0.5, 0.6) is 0 Å². The number of carbonyl (C=O) groups excluding carboxylic acids is 6. The number of nitrogens with zero attached hydrogens (tertiary/aromatic N) is 6. The molecule has 6 N–H and O–H groups in total. The van der Waals surface area contributed by atoms with Crippen LogP contribution in [0.3, 0.4) is 0 Å². The second kappa shape index (κ2) is 54.3. The number of esters is 6. The van der Waals surface area contributed by atoms with E-state index in [0.29, 0.717) is 193 Å². The Kier molecular flexibility index (Phi) is 48.1. The molecule has 0 radical (unpaired) electrons. The topological polar surface area (TPSA) is 354 Å². The molecule has 5 heterocycles. The van der Waals surface area contributed by atoms with Crippen molar-refractivity contribution in [2.24, 2.45) is 16.2 Å². The van der Waals surface area contributed by atoms with E-state index in [9.17, 15) is 31.2 Å². The average molecular weight is 1970 g/mol. The second-order valence-electron chi connectivity index (χ2n) is 48.4. The minimum absolute atomic E-state index is 0.0249. The number of carbonyl (C=O) groups is 6. The van der Waals surface area contributed by atoms with Crippen LogP contribution in [-0.2, 0) is 105 Å². The SMILES string of the molecule is CCCCC(CCCc1cc(CCCC(CCCC)(C(=O)OCCCOC2CC(C)(C)N(O)C(C)(C)C2)C(=O)OCCCOC2CC(C)(C)N(O)C(C)(C)C2)cc(CCCC(CCCC)(C(=O)OCCCOC2CC(C)(C)N(O)C(C)(C)C2)C(=O)OCCCOC2CC(C)(C)N(O)C(C)(C)C2)c1)(C(=O)OCCCOC(CCC)CC(C)(C)N(O)CC)C(=O)OCCCOC1CC(C)(C)N(O)C(C)(C)C1. The quantitative estimate of drug-likeness (QED) is 0.0116. The Bertz CT molecular complexity index is 3470. The van der Waals surface area contributed by atoms with E-state index in [1.165, 1.54) is 30.4 Å². The van der Waals surface area contributed by atoms with Gasteiger partial charge in [0.1, 0.15) is 0 Å². The first-order valence-electron chi connectivity index (χ1n) is 53.5. The minimum Gasteiger partial charge on any atom is -0.465 e. The summed E-state index contributed by atoms with van der Waals surface area (Å²) in [6.45, 7) is 55.6. The van der Waals surface area contributed by atoms with Gasteiger partial charge in [-0.05, 0) is 323 Å². The van der Waals surface area contributed by atoms with Crippen LogP contribution in [0, 0.1) is 16.2 Å². The number of hydrogen-bond acceptors (Lipinski definition) is 30. The molecule has 0 aliphatic carbocycles. The normalized spacial score (nSPS) is 21.3. The van der Waals surface area contributed by atoms with Gasteiger partial charge in [-0.25, -0.2) is 0 Å². The maximum atomic E-state index is 15.4. The fourth-order valence-corrected chi connectivity index (χ4v) is 23.2. The molecule has 0 saturated carbocycles. The van der Waals surface area contributed by atoms with Crippen molar-refractivity contribution in [1.82, 2.24) is 30.4 Å². The molecule has 0 amide bonds. The lowest BCUT2D eigenvalue weighted by Gasteiger charge is -2.51.